The van der Waals surface area contributed by atoms with E-state index in [0.717, 1.165) is 12.8 Å². The smallest absolute Gasteiger partial charge is 0.0345 e. The fourth-order valence-corrected chi connectivity index (χ4v) is 2.94. The standard InChI is InChI=1S/C18H21N/c1-2-14-6-5-9-17(12-14)19-18-11-10-15-7-3-4-8-16(15)13-18/h3-9,12,18-19H,2,10-11,13H2,1H3. The minimum atomic E-state index is 0.571. The molecule has 3 rings (SSSR count). The van der Waals surface area contributed by atoms with Crippen molar-refractivity contribution in [3.63, 3.8) is 0 Å². The molecule has 0 bridgehead atoms. The Kier molecular flexibility index (Phi) is 3.54. The zero-order chi connectivity index (χ0) is 13.1. The Morgan fingerprint density at radius 1 is 1.05 bits per heavy atom. The van der Waals surface area contributed by atoms with Crippen LogP contribution in [0.4, 0.5) is 5.69 Å². The van der Waals surface area contributed by atoms with Crippen molar-refractivity contribution in [3.8, 4) is 0 Å². The second kappa shape index (κ2) is 5.48. The van der Waals surface area contributed by atoms with Gasteiger partial charge in [-0.3, -0.25) is 0 Å². The molecule has 1 atom stereocenters. The SMILES string of the molecule is CCc1cccc(NC2CCc3ccccc3C2)c1. The maximum absolute atomic E-state index is 3.70. The lowest BCUT2D eigenvalue weighted by atomic mass is 9.88. The van der Waals surface area contributed by atoms with Gasteiger partial charge in [-0.1, -0.05) is 43.3 Å². The summed E-state index contributed by atoms with van der Waals surface area (Å²) in [6, 6.07) is 18.2. The monoisotopic (exact) mass is 251 g/mol. The van der Waals surface area contributed by atoms with Crippen LogP contribution in [-0.2, 0) is 19.3 Å². The van der Waals surface area contributed by atoms with Gasteiger partial charge in [0, 0.05) is 11.7 Å². The molecule has 0 heterocycles. The Bertz CT molecular complexity index is 559. The van der Waals surface area contributed by atoms with Crippen LogP contribution in [0.3, 0.4) is 0 Å². The van der Waals surface area contributed by atoms with Gasteiger partial charge >= 0.3 is 0 Å². The maximum atomic E-state index is 3.70. The Balaban J connectivity index is 1.71. The molecule has 1 aliphatic carbocycles. The summed E-state index contributed by atoms with van der Waals surface area (Å²) in [6.45, 7) is 2.20. The molecule has 1 heteroatoms. The lowest BCUT2D eigenvalue weighted by Gasteiger charge is -2.26. The van der Waals surface area contributed by atoms with E-state index in [1.54, 1.807) is 0 Å². The largest absolute Gasteiger partial charge is 0.382 e. The number of aryl methyl sites for hydroxylation is 2. The summed E-state index contributed by atoms with van der Waals surface area (Å²) in [7, 11) is 0. The molecule has 0 aliphatic heterocycles. The second-order valence-corrected chi connectivity index (χ2v) is 5.41. The normalized spacial score (nSPS) is 17.8. The number of benzene rings is 2. The quantitative estimate of drug-likeness (QED) is 0.861. The highest BCUT2D eigenvalue weighted by atomic mass is 14.9. The van der Waals surface area contributed by atoms with Crippen molar-refractivity contribution in [1.82, 2.24) is 0 Å². The van der Waals surface area contributed by atoms with Gasteiger partial charge in [-0.25, -0.2) is 0 Å². The maximum Gasteiger partial charge on any atom is 0.0345 e. The first-order valence-corrected chi connectivity index (χ1v) is 7.27. The first-order chi connectivity index (χ1) is 9.35. The van der Waals surface area contributed by atoms with Gasteiger partial charge in [-0.05, 0) is 54.5 Å². The Labute approximate surface area is 115 Å². The van der Waals surface area contributed by atoms with E-state index in [2.05, 4.69) is 60.8 Å². The van der Waals surface area contributed by atoms with Crippen LogP contribution in [0.25, 0.3) is 0 Å². The molecule has 1 N–H and O–H groups in total. The van der Waals surface area contributed by atoms with Crippen molar-refractivity contribution in [2.45, 2.75) is 38.6 Å². The van der Waals surface area contributed by atoms with Gasteiger partial charge in [0.05, 0.1) is 0 Å². The van der Waals surface area contributed by atoms with Gasteiger partial charge in [0.1, 0.15) is 0 Å². The van der Waals surface area contributed by atoms with Gasteiger partial charge in [0.15, 0.2) is 0 Å². The molecule has 1 aliphatic rings. The van der Waals surface area contributed by atoms with E-state index in [4.69, 9.17) is 0 Å². The number of rotatable bonds is 3. The molecule has 1 nitrogen and oxygen atoms in total. The van der Waals surface area contributed by atoms with E-state index >= 15 is 0 Å². The van der Waals surface area contributed by atoms with Crippen LogP contribution >= 0.6 is 0 Å². The minimum Gasteiger partial charge on any atom is -0.382 e. The Morgan fingerprint density at radius 2 is 1.89 bits per heavy atom. The van der Waals surface area contributed by atoms with Crippen molar-refractivity contribution in [1.29, 1.82) is 0 Å². The van der Waals surface area contributed by atoms with Crippen molar-refractivity contribution < 1.29 is 0 Å². The molecule has 0 amide bonds. The molecule has 0 saturated heterocycles. The second-order valence-electron chi connectivity index (χ2n) is 5.41. The van der Waals surface area contributed by atoms with Crippen LogP contribution < -0.4 is 5.32 Å². The summed E-state index contributed by atoms with van der Waals surface area (Å²) < 4.78 is 0. The molecule has 0 spiro atoms. The zero-order valence-corrected chi connectivity index (χ0v) is 11.5. The molecular formula is C18H21N. The van der Waals surface area contributed by atoms with E-state index in [9.17, 15) is 0 Å². The molecule has 2 aromatic carbocycles. The molecule has 19 heavy (non-hydrogen) atoms. The third kappa shape index (κ3) is 2.81. The lowest BCUT2D eigenvalue weighted by Crippen LogP contribution is -2.27. The molecule has 0 fully saturated rings. The average Bonchev–Trinajstić information content (AvgIpc) is 2.47. The van der Waals surface area contributed by atoms with Crippen LogP contribution in [0.15, 0.2) is 48.5 Å². The molecule has 0 aromatic heterocycles. The summed E-state index contributed by atoms with van der Waals surface area (Å²) in [5.74, 6) is 0. The van der Waals surface area contributed by atoms with Crippen molar-refractivity contribution in [2.75, 3.05) is 5.32 Å². The zero-order valence-electron chi connectivity index (χ0n) is 11.5. The first kappa shape index (κ1) is 12.3. The predicted octanol–water partition coefficient (Wildman–Crippen LogP) is 4.22. The van der Waals surface area contributed by atoms with Crippen molar-refractivity contribution in [3.05, 3.63) is 65.2 Å². The highest BCUT2D eigenvalue weighted by Crippen LogP contribution is 2.24. The van der Waals surface area contributed by atoms with E-state index in [0.29, 0.717) is 6.04 Å². The predicted molar refractivity (Wildman–Crippen MR) is 81.7 cm³/mol. The van der Waals surface area contributed by atoms with Crippen LogP contribution in [0.1, 0.15) is 30.0 Å². The van der Waals surface area contributed by atoms with Crippen LogP contribution in [-0.4, -0.2) is 6.04 Å². The summed E-state index contributed by atoms with van der Waals surface area (Å²) in [5, 5.41) is 3.70. The minimum absolute atomic E-state index is 0.571. The first-order valence-electron chi connectivity index (χ1n) is 7.27. The van der Waals surface area contributed by atoms with Crippen molar-refractivity contribution >= 4 is 5.69 Å². The summed E-state index contributed by atoms with van der Waals surface area (Å²) in [4.78, 5) is 0. The van der Waals surface area contributed by atoms with Gasteiger partial charge in [-0.15, -0.1) is 0 Å². The van der Waals surface area contributed by atoms with E-state index < -0.39 is 0 Å². The van der Waals surface area contributed by atoms with Gasteiger partial charge in [-0.2, -0.15) is 0 Å². The van der Waals surface area contributed by atoms with Gasteiger partial charge in [0.2, 0.25) is 0 Å². The highest BCUT2D eigenvalue weighted by Gasteiger charge is 2.17. The molecule has 0 saturated carbocycles. The van der Waals surface area contributed by atoms with Gasteiger partial charge in [0.25, 0.3) is 0 Å². The van der Waals surface area contributed by atoms with E-state index in [1.165, 1.54) is 35.2 Å². The topological polar surface area (TPSA) is 12.0 Å². The summed E-state index contributed by atoms with van der Waals surface area (Å²) >= 11 is 0. The molecule has 1 unspecified atom stereocenters. The summed E-state index contributed by atoms with van der Waals surface area (Å²) in [5.41, 5.74) is 5.71. The molecule has 0 radical (unpaired) electrons. The molecule has 98 valence electrons. The van der Waals surface area contributed by atoms with Crippen LogP contribution in [0.2, 0.25) is 0 Å². The van der Waals surface area contributed by atoms with E-state index in [-0.39, 0.29) is 0 Å². The van der Waals surface area contributed by atoms with Crippen LogP contribution in [0.5, 0.6) is 0 Å². The number of hydrogen-bond donors (Lipinski definition) is 1. The average molecular weight is 251 g/mol. The third-order valence-electron chi connectivity index (χ3n) is 4.05. The number of nitrogens with one attached hydrogen (secondary N) is 1. The molecule has 2 aromatic rings. The lowest BCUT2D eigenvalue weighted by molar-refractivity contribution is 0.611. The number of fused-ring (bicyclic) bond motifs is 1. The number of hydrogen-bond acceptors (Lipinski definition) is 1. The van der Waals surface area contributed by atoms with Crippen molar-refractivity contribution in [2.24, 2.45) is 0 Å². The Hall–Kier alpha value is -1.76. The highest BCUT2D eigenvalue weighted by molar-refractivity contribution is 5.47. The third-order valence-corrected chi connectivity index (χ3v) is 4.05. The fourth-order valence-electron chi connectivity index (χ4n) is 2.94. The Morgan fingerprint density at radius 3 is 2.74 bits per heavy atom. The number of anilines is 1. The van der Waals surface area contributed by atoms with Gasteiger partial charge < -0.3 is 5.32 Å². The molecular weight excluding hydrogens is 230 g/mol. The van der Waals surface area contributed by atoms with E-state index in [1.807, 2.05) is 0 Å². The van der Waals surface area contributed by atoms with Crippen LogP contribution in [0, 0.1) is 0 Å². The fraction of sp³-hybridized carbons (Fsp3) is 0.333. The summed E-state index contributed by atoms with van der Waals surface area (Å²) in [6.07, 6.45) is 4.67.